The number of pyridine rings is 1. The number of carbonyl (C=O) groups excluding carboxylic acids is 1. The van der Waals surface area contributed by atoms with Crippen LogP contribution >= 0.6 is 0 Å². The molecule has 0 fully saturated rings. The van der Waals surface area contributed by atoms with Crippen LogP contribution in [0.4, 0.5) is 0 Å². The number of fused-ring (bicyclic) bond motifs is 1. The summed E-state index contributed by atoms with van der Waals surface area (Å²) >= 11 is 0. The highest BCUT2D eigenvalue weighted by Crippen LogP contribution is 2.15. The molecule has 0 aliphatic heterocycles. The summed E-state index contributed by atoms with van der Waals surface area (Å²) in [5.41, 5.74) is 6.04. The van der Waals surface area contributed by atoms with Crippen molar-refractivity contribution < 1.29 is 4.79 Å². The number of benzene rings is 1. The monoisotopic (exact) mass is 229 g/mol. The molecule has 1 aromatic carbocycles. The SMILES string of the molecule is CC(N)CNC(=O)c1nccc2ccccc12. The second-order valence-electron chi connectivity index (χ2n) is 4.07. The van der Waals surface area contributed by atoms with Gasteiger partial charge in [0.2, 0.25) is 0 Å². The van der Waals surface area contributed by atoms with E-state index in [9.17, 15) is 4.79 Å². The third-order valence-corrected chi connectivity index (χ3v) is 2.47. The minimum absolute atomic E-state index is 0.0612. The Morgan fingerprint density at radius 1 is 1.41 bits per heavy atom. The maximum absolute atomic E-state index is 11.9. The zero-order valence-corrected chi connectivity index (χ0v) is 9.68. The lowest BCUT2D eigenvalue weighted by Crippen LogP contribution is -2.35. The first-order valence-electron chi connectivity index (χ1n) is 5.56. The minimum Gasteiger partial charge on any atom is -0.349 e. The molecule has 3 N–H and O–H groups in total. The lowest BCUT2D eigenvalue weighted by atomic mass is 10.1. The number of nitrogens with zero attached hydrogens (tertiary/aromatic N) is 1. The van der Waals surface area contributed by atoms with Gasteiger partial charge in [-0.2, -0.15) is 0 Å². The average Bonchev–Trinajstić information content (AvgIpc) is 2.35. The summed E-state index contributed by atoms with van der Waals surface area (Å²) in [6, 6.07) is 9.51. The van der Waals surface area contributed by atoms with Crippen LogP contribution in [-0.4, -0.2) is 23.5 Å². The van der Waals surface area contributed by atoms with Gasteiger partial charge >= 0.3 is 0 Å². The minimum atomic E-state index is -0.181. The number of nitrogens with one attached hydrogen (secondary N) is 1. The highest BCUT2D eigenvalue weighted by molar-refractivity contribution is 6.05. The van der Waals surface area contributed by atoms with Gasteiger partial charge in [0, 0.05) is 24.2 Å². The summed E-state index contributed by atoms with van der Waals surface area (Å²) < 4.78 is 0. The lowest BCUT2D eigenvalue weighted by molar-refractivity contribution is 0.0948. The predicted octanol–water partition coefficient (Wildman–Crippen LogP) is 1.31. The Morgan fingerprint density at radius 3 is 2.94 bits per heavy atom. The quantitative estimate of drug-likeness (QED) is 0.833. The van der Waals surface area contributed by atoms with Gasteiger partial charge in [-0.05, 0) is 18.4 Å². The predicted molar refractivity (Wildman–Crippen MR) is 67.7 cm³/mol. The van der Waals surface area contributed by atoms with E-state index in [4.69, 9.17) is 5.73 Å². The molecule has 88 valence electrons. The third kappa shape index (κ3) is 2.60. The second kappa shape index (κ2) is 4.93. The van der Waals surface area contributed by atoms with Gasteiger partial charge < -0.3 is 11.1 Å². The number of hydrogen-bond acceptors (Lipinski definition) is 3. The number of nitrogens with two attached hydrogens (primary N) is 1. The Balaban J connectivity index is 2.32. The van der Waals surface area contributed by atoms with Crippen molar-refractivity contribution in [3.8, 4) is 0 Å². The maximum Gasteiger partial charge on any atom is 0.270 e. The van der Waals surface area contributed by atoms with E-state index in [1.54, 1.807) is 6.20 Å². The number of rotatable bonds is 3. The average molecular weight is 229 g/mol. The molecule has 4 heteroatoms. The van der Waals surface area contributed by atoms with Crippen LogP contribution in [0.15, 0.2) is 36.5 Å². The van der Waals surface area contributed by atoms with Crippen molar-refractivity contribution in [1.82, 2.24) is 10.3 Å². The van der Waals surface area contributed by atoms with Gasteiger partial charge in [0.1, 0.15) is 5.69 Å². The fourth-order valence-corrected chi connectivity index (χ4v) is 1.64. The van der Waals surface area contributed by atoms with Gasteiger partial charge in [-0.15, -0.1) is 0 Å². The molecule has 1 amide bonds. The molecule has 2 rings (SSSR count). The summed E-state index contributed by atoms with van der Waals surface area (Å²) in [6.07, 6.45) is 1.64. The molecule has 1 atom stereocenters. The normalized spacial score (nSPS) is 12.4. The van der Waals surface area contributed by atoms with Crippen LogP contribution in [0, 0.1) is 0 Å². The number of amides is 1. The van der Waals surface area contributed by atoms with Gasteiger partial charge in [-0.1, -0.05) is 24.3 Å². The number of aromatic nitrogens is 1. The van der Waals surface area contributed by atoms with Crippen LogP contribution in [0.5, 0.6) is 0 Å². The summed E-state index contributed by atoms with van der Waals surface area (Å²) in [5, 5.41) is 4.63. The molecule has 4 nitrogen and oxygen atoms in total. The van der Waals surface area contributed by atoms with Crippen molar-refractivity contribution in [3.63, 3.8) is 0 Å². The van der Waals surface area contributed by atoms with E-state index in [0.717, 1.165) is 10.8 Å². The Bertz CT molecular complexity index is 532. The van der Waals surface area contributed by atoms with Crippen LogP contribution < -0.4 is 11.1 Å². The molecule has 1 heterocycles. The topological polar surface area (TPSA) is 68.0 Å². The maximum atomic E-state index is 11.9. The zero-order chi connectivity index (χ0) is 12.3. The molecule has 0 aliphatic carbocycles. The van der Waals surface area contributed by atoms with E-state index in [-0.39, 0.29) is 11.9 Å². The molecule has 17 heavy (non-hydrogen) atoms. The molecule has 0 radical (unpaired) electrons. The zero-order valence-electron chi connectivity index (χ0n) is 9.68. The molecule has 0 aliphatic rings. The largest absolute Gasteiger partial charge is 0.349 e. The van der Waals surface area contributed by atoms with Crippen LogP contribution in [-0.2, 0) is 0 Å². The van der Waals surface area contributed by atoms with Crippen LogP contribution in [0.1, 0.15) is 17.4 Å². The van der Waals surface area contributed by atoms with Crippen molar-refractivity contribution in [2.75, 3.05) is 6.54 Å². The standard InChI is InChI=1S/C13H15N3O/c1-9(14)8-16-13(17)12-11-5-3-2-4-10(11)6-7-15-12/h2-7,9H,8,14H2,1H3,(H,16,17). The van der Waals surface area contributed by atoms with Gasteiger partial charge in [0.05, 0.1) is 0 Å². The molecular formula is C13H15N3O. The molecule has 1 unspecified atom stereocenters. The molecule has 0 saturated carbocycles. The molecule has 0 spiro atoms. The van der Waals surface area contributed by atoms with Gasteiger partial charge in [-0.25, -0.2) is 0 Å². The first-order valence-corrected chi connectivity index (χ1v) is 5.56. The lowest BCUT2D eigenvalue weighted by Gasteiger charge is -2.08. The van der Waals surface area contributed by atoms with Gasteiger partial charge in [0.15, 0.2) is 0 Å². The van der Waals surface area contributed by atoms with E-state index in [0.29, 0.717) is 12.2 Å². The van der Waals surface area contributed by atoms with E-state index in [1.807, 2.05) is 37.3 Å². The second-order valence-corrected chi connectivity index (χ2v) is 4.07. The van der Waals surface area contributed by atoms with Gasteiger partial charge in [0.25, 0.3) is 5.91 Å². The van der Waals surface area contributed by atoms with E-state index < -0.39 is 0 Å². The fourth-order valence-electron chi connectivity index (χ4n) is 1.64. The summed E-state index contributed by atoms with van der Waals surface area (Å²) in [6.45, 7) is 2.29. The van der Waals surface area contributed by atoms with Crippen LogP contribution in [0.3, 0.4) is 0 Å². The van der Waals surface area contributed by atoms with E-state index in [2.05, 4.69) is 10.3 Å². The van der Waals surface area contributed by atoms with Crippen molar-refractivity contribution >= 4 is 16.7 Å². The van der Waals surface area contributed by atoms with Crippen molar-refractivity contribution in [3.05, 3.63) is 42.2 Å². The van der Waals surface area contributed by atoms with Crippen molar-refractivity contribution in [2.45, 2.75) is 13.0 Å². The molecule has 0 bridgehead atoms. The van der Waals surface area contributed by atoms with Gasteiger partial charge in [-0.3, -0.25) is 9.78 Å². The fraction of sp³-hybridized carbons (Fsp3) is 0.231. The molecule has 0 saturated heterocycles. The Hall–Kier alpha value is -1.94. The Labute approximate surface area is 99.8 Å². The van der Waals surface area contributed by atoms with Crippen molar-refractivity contribution in [1.29, 1.82) is 0 Å². The highest BCUT2D eigenvalue weighted by Gasteiger charge is 2.10. The first-order chi connectivity index (χ1) is 8.18. The van der Waals surface area contributed by atoms with Crippen LogP contribution in [0.2, 0.25) is 0 Å². The molecular weight excluding hydrogens is 214 g/mol. The number of hydrogen-bond donors (Lipinski definition) is 2. The molecule has 1 aromatic heterocycles. The summed E-state index contributed by atoms with van der Waals surface area (Å²) in [5.74, 6) is -0.181. The third-order valence-electron chi connectivity index (χ3n) is 2.47. The van der Waals surface area contributed by atoms with E-state index >= 15 is 0 Å². The molecule has 2 aromatic rings. The van der Waals surface area contributed by atoms with Crippen LogP contribution in [0.25, 0.3) is 10.8 Å². The smallest absolute Gasteiger partial charge is 0.270 e. The Morgan fingerprint density at radius 2 is 2.18 bits per heavy atom. The summed E-state index contributed by atoms with van der Waals surface area (Å²) in [4.78, 5) is 16.1. The Kier molecular flexibility index (Phi) is 3.35. The highest BCUT2D eigenvalue weighted by atomic mass is 16.1. The van der Waals surface area contributed by atoms with E-state index in [1.165, 1.54) is 0 Å². The first kappa shape index (κ1) is 11.5. The number of carbonyl (C=O) groups is 1. The summed E-state index contributed by atoms with van der Waals surface area (Å²) in [7, 11) is 0. The van der Waals surface area contributed by atoms with Crippen molar-refractivity contribution in [2.24, 2.45) is 5.73 Å².